The molecule has 0 saturated carbocycles. The van der Waals surface area contributed by atoms with Gasteiger partial charge in [0.2, 0.25) is 0 Å². The van der Waals surface area contributed by atoms with E-state index in [1.165, 1.54) is 17.8 Å². The zero-order chi connectivity index (χ0) is 28.3. The summed E-state index contributed by atoms with van der Waals surface area (Å²) in [6, 6.07) is 7.11. The number of rotatable bonds is 11. The number of carbonyl (C=O) groups excluding carboxylic acids is 1. The second-order valence-electron chi connectivity index (χ2n) is 9.23. The summed E-state index contributed by atoms with van der Waals surface area (Å²) in [6.45, 7) is 5.96. The number of fused-ring (bicyclic) bond motifs is 1. The number of nitrogens with one attached hydrogen (secondary N) is 2. The summed E-state index contributed by atoms with van der Waals surface area (Å²) in [5, 5.41) is 16.1. The standard InChI is InChI=1S/C24H32FN6O7P/c1-13(2)36-24(33)14(3)30-39(34,38-16-9-7-6-8-10-16)35-11-17-20(32)18(25)23(37-17)31-12-27-19-21(26-5)28-15(4)29-22(19)31/h6-10,12-14,17-18,20,23,32H,11H2,1-5H3,(H,30,34)(H,26,28,29)/t14-,17-,18+,20-,23-,39-/m1/s1. The van der Waals surface area contributed by atoms with Gasteiger partial charge in [0.1, 0.15) is 29.8 Å². The molecule has 13 nitrogen and oxygen atoms in total. The third-order valence-corrected chi connectivity index (χ3v) is 7.42. The first-order valence-corrected chi connectivity index (χ1v) is 13.9. The summed E-state index contributed by atoms with van der Waals surface area (Å²) >= 11 is 0. The minimum absolute atomic E-state index is 0.201. The Morgan fingerprint density at radius 2 is 1.97 bits per heavy atom. The lowest BCUT2D eigenvalue weighted by atomic mass is 10.1. The van der Waals surface area contributed by atoms with Gasteiger partial charge in [0.25, 0.3) is 0 Å². The molecule has 2 aromatic heterocycles. The van der Waals surface area contributed by atoms with Crippen LogP contribution in [0.5, 0.6) is 5.75 Å². The number of halogens is 1. The molecule has 0 spiro atoms. The largest absolute Gasteiger partial charge is 0.462 e. The Morgan fingerprint density at radius 3 is 2.64 bits per heavy atom. The number of hydrogen-bond donors (Lipinski definition) is 3. The zero-order valence-electron chi connectivity index (χ0n) is 22.1. The fourth-order valence-electron chi connectivity index (χ4n) is 3.96. The molecule has 6 atom stereocenters. The summed E-state index contributed by atoms with van der Waals surface area (Å²) in [7, 11) is -2.57. The summed E-state index contributed by atoms with van der Waals surface area (Å²) in [6.07, 6.45) is -5.09. The van der Waals surface area contributed by atoms with E-state index in [1.807, 2.05) is 0 Å². The average Bonchev–Trinajstić information content (AvgIpc) is 3.42. The van der Waals surface area contributed by atoms with Crippen molar-refractivity contribution in [3.63, 3.8) is 0 Å². The average molecular weight is 567 g/mol. The van der Waals surface area contributed by atoms with Crippen molar-refractivity contribution in [2.24, 2.45) is 0 Å². The van der Waals surface area contributed by atoms with Crippen molar-refractivity contribution < 1.29 is 37.4 Å². The second-order valence-corrected chi connectivity index (χ2v) is 10.9. The van der Waals surface area contributed by atoms with Crippen molar-refractivity contribution in [3.05, 3.63) is 42.5 Å². The lowest BCUT2D eigenvalue weighted by molar-refractivity contribution is -0.149. The highest BCUT2D eigenvalue weighted by Gasteiger charge is 2.47. The first kappa shape index (κ1) is 28.8. The molecule has 39 heavy (non-hydrogen) atoms. The molecule has 0 bridgehead atoms. The van der Waals surface area contributed by atoms with Crippen LogP contribution < -0.4 is 14.9 Å². The molecule has 0 aliphatic carbocycles. The number of carbonyl (C=O) groups is 1. The highest BCUT2D eigenvalue weighted by molar-refractivity contribution is 7.52. The van der Waals surface area contributed by atoms with E-state index in [4.69, 9.17) is 18.5 Å². The molecular formula is C24H32FN6O7P. The maximum Gasteiger partial charge on any atom is 0.459 e. The molecule has 3 N–H and O–H groups in total. The Kier molecular flexibility index (Phi) is 8.82. The monoisotopic (exact) mass is 566 g/mol. The third-order valence-electron chi connectivity index (χ3n) is 5.77. The Labute approximate surface area is 224 Å². The Morgan fingerprint density at radius 1 is 1.26 bits per heavy atom. The van der Waals surface area contributed by atoms with Crippen LogP contribution in [0.2, 0.25) is 0 Å². The van der Waals surface area contributed by atoms with Crippen LogP contribution in [0.4, 0.5) is 10.2 Å². The number of aliphatic hydroxyl groups excluding tert-OH is 1. The number of alkyl halides is 1. The first-order valence-electron chi connectivity index (χ1n) is 12.4. The number of aryl methyl sites for hydroxylation is 1. The molecule has 3 heterocycles. The van der Waals surface area contributed by atoms with Gasteiger partial charge in [-0.2, -0.15) is 5.09 Å². The van der Waals surface area contributed by atoms with Crippen LogP contribution in [0.15, 0.2) is 36.7 Å². The lowest BCUT2D eigenvalue weighted by Crippen LogP contribution is -2.37. The molecular weight excluding hydrogens is 534 g/mol. The summed E-state index contributed by atoms with van der Waals surface area (Å²) in [5.41, 5.74) is 0.714. The second kappa shape index (κ2) is 11.9. The Hall–Kier alpha value is -3.16. The van der Waals surface area contributed by atoms with E-state index in [0.29, 0.717) is 22.8 Å². The van der Waals surface area contributed by atoms with Gasteiger partial charge in [0.15, 0.2) is 29.4 Å². The van der Waals surface area contributed by atoms with Gasteiger partial charge in [0.05, 0.1) is 19.0 Å². The van der Waals surface area contributed by atoms with Gasteiger partial charge >= 0.3 is 13.7 Å². The van der Waals surface area contributed by atoms with Crippen LogP contribution in [-0.2, 0) is 23.4 Å². The molecule has 1 fully saturated rings. The van der Waals surface area contributed by atoms with Gasteiger partial charge in [-0.25, -0.2) is 23.9 Å². The van der Waals surface area contributed by atoms with Crippen LogP contribution in [0.3, 0.4) is 0 Å². The molecule has 3 aromatic rings. The summed E-state index contributed by atoms with van der Waals surface area (Å²) in [5.74, 6) is 0.418. The molecule has 212 valence electrons. The van der Waals surface area contributed by atoms with Crippen LogP contribution in [-0.4, -0.2) is 74.8 Å². The Balaban J connectivity index is 1.52. The normalized spacial score (nSPS) is 23.5. The van der Waals surface area contributed by atoms with Gasteiger partial charge in [-0.1, -0.05) is 18.2 Å². The number of imidazole rings is 1. The fourth-order valence-corrected chi connectivity index (χ4v) is 5.46. The van der Waals surface area contributed by atoms with Gasteiger partial charge in [-0.15, -0.1) is 0 Å². The molecule has 1 saturated heterocycles. The molecule has 4 rings (SSSR count). The van der Waals surface area contributed by atoms with Crippen molar-refractivity contribution in [2.45, 2.75) is 64.4 Å². The fraction of sp³-hybridized carbons (Fsp3) is 0.500. The van der Waals surface area contributed by atoms with E-state index < -0.39 is 57.1 Å². The van der Waals surface area contributed by atoms with Crippen molar-refractivity contribution in [3.8, 4) is 5.75 Å². The molecule has 1 aliphatic heterocycles. The number of anilines is 1. The maximum atomic E-state index is 15.3. The summed E-state index contributed by atoms with van der Waals surface area (Å²) < 4.78 is 52.5. The van der Waals surface area contributed by atoms with E-state index >= 15 is 4.39 Å². The minimum Gasteiger partial charge on any atom is -0.462 e. The Bertz CT molecular complexity index is 1340. The first-order chi connectivity index (χ1) is 18.5. The van der Waals surface area contributed by atoms with Gasteiger partial charge < -0.3 is 24.4 Å². The van der Waals surface area contributed by atoms with Gasteiger partial charge in [-0.3, -0.25) is 13.9 Å². The van der Waals surface area contributed by atoms with Gasteiger partial charge in [-0.05, 0) is 39.8 Å². The van der Waals surface area contributed by atoms with Crippen molar-refractivity contribution in [2.75, 3.05) is 19.0 Å². The summed E-state index contributed by atoms with van der Waals surface area (Å²) in [4.78, 5) is 25.2. The predicted octanol–water partition coefficient (Wildman–Crippen LogP) is 2.91. The van der Waals surface area contributed by atoms with Crippen LogP contribution in [0.25, 0.3) is 11.2 Å². The van der Waals surface area contributed by atoms with Crippen LogP contribution in [0.1, 0.15) is 32.8 Å². The molecule has 0 unspecified atom stereocenters. The van der Waals surface area contributed by atoms with E-state index in [9.17, 15) is 14.5 Å². The molecule has 15 heteroatoms. The van der Waals surface area contributed by atoms with E-state index in [-0.39, 0.29) is 5.75 Å². The predicted molar refractivity (Wildman–Crippen MR) is 139 cm³/mol. The third kappa shape index (κ3) is 6.53. The quantitative estimate of drug-likeness (QED) is 0.230. The number of hydrogen-bond acceptors (Lipinski definition) is 11. The molecule has 0 radical (unpaired) electrons. The van der Waals surface area contributed by atoms with Crippen molar-refractivity contribution in [1.29, 1.82) is 0 Å². The van der Waals surface area contributed by atoms with E-state index in [1.54, 1.807) is 58.2 Å². The lowest BCUT2D eigenvalue weighted by Gasteiger charge is -2.25. The molecule has 1 aliphatic rings. The highest BCUT2D eigenvalue weighted by Crippen LogP contribution is 2.46. The van der Waals surface area contributed by atoms with Crippen LogP contribution in [0, 0.1) is 6.92 Å². The number of aromatic nitrogens is 4. The number of ether oxygens (including phenoxy) is 2. The van der Waals surface area contributed by atoms with E-state index in [2.05, 4.69) is 25.4 Å². The van der Waals surface area contributed by atoms with Crippen molar-refractivity contribution >= 4 is 30.7 Å². The molecule has 0 amide bonds. The molecule has 1 aromatic carbocycles. The number of nitrogens with zero attached hydrogens (tertiary/aromatic N) is 4. The number of benzene rings is 1. The number of esters is 1. The van der Waals surface area contributed by atoms with E-state index in [0.717, 1.165) is 0 Å². The number of aliphatic hydroxyl groups is 1. The maximum absolute atomic E-state index is 15.3. The van der Waals surface area contributed by atoms with Crippen LogP contribution >= 0.6 is 7.75 Å². The topological polar surface area (TPSA) is 159 Å². The SMILES string of the molecule is CNc1nc(C)nc2c1ncn2[C@@H]1O[C@H](CO[P@](=O)(N[C@H](C)C(=O)OC(C)C)Oc2ccccc2)[C@@H](O)[C@@H]1F. The number of para-hydroxylation sites is 1. The highest BCUT2D eigenvalue weighted by atomic mass is 31.2. The van der Waals surface area contributed by atoms with Crippen molar-refractivity contribution in [1.82, 2.24) is 24.6 Å². The minimum atomic E-state index is -4.24. The van der Waals surface area contributed by atoms with Gasteiger partial charge in [0, 0.05) is 7.05 Å². The smallest absolute Gasteiger partial charge is 0.459 e. The zero-order valence-corrected chi connectivity index (χ0v) is 23.0.